The van der Waals surface area contributed by atoms with Gasteiger partial charge in [0.15, 0.2) is 0 Å². The first-order chi connectivity index (χ1) is 8.43. The summed E-state index contributed by atoms with van der Waals surface area (Å²) in [5.74, 6) is 1.83. The normalized spacial score (nSPS) is 41.8. The summed E-state index contributed by atoms with van der Waals surface area (Å²) in [7, 11) is 0. The standard InChI is InChI=1S/C16H32N2/c1-6-14-10-17-16(4,5)11-18(14)15-8-7-12(2)13(3)9-15/h12-15,17H,6-11H2,1-5H3. The van der Waals surface area contributed by atoms with Gasteiger partial charge >= 0.3 is 0 Å². The van der Waals surface area contributed by atoms with Gasteiger partial charge in [0.2, 0.25) is 0 Å². The molecule has 18 heavy (non-hydrogen) atoms. The Bertz CT molecular complexity index is 274. The topological polar surface area (TPSA) is 15.3 Å². The van der Waals surface area contributed by atoms with Crippen LogP contribution in [0.1, 0.15) is 60.3 Å². The van der Waals surface area contributed by atoms with Crippen LogP contribution in [0.3, 0.4) is 0 Å². The molecule has 1 aliphatic heterocycles. The smallest absolute Gasteiger partial charge is 0.0253 e. The number of nitrogens with zero attached hydrogens (tertiary/aromatic N) is 1. The monoisotopic (exact) mass is 252 g/mol. The molecule has 0 amide bonds. The molecule has 2 rings (SSSR count). The summed E-state index contributed by atoms with van der Waals surface area (Å²) in [6, 6.07) is 1.59. The highest BCUT2D eigenvalue weighted by molar-refractivity contribution is 4.96. The van der Waals surface area contributed by atoms with Gasteiger partial charge in [0.05, 0.1) is 0 Å². The van der Waals surface area contributed by atoms with E-state index in [9.17, 15) is 0 Å². The van der Waals surface area contributed by atoms with E-state index in [0.717, 1.165) is 23.9 Å². The zero-order chi connectivity index (χ0) is 13.3. The Morgan fingerprint density at radius 1 is 1.17 bits per heavy atom. The van der Waals surface area contributed by atoms with Crippen molar-refractivity contribution in [1.82, 2.24) is 10.2 Å². The molecule has 1 saturated carbocycles. The number of nitrogens with one attached hydrogen (secondary N) is 1. The molecule has 1 saturated heterocycles. The van der Waals surface area contributed by atoms with Gasteiger partial charge in [-0.2, -0.15) is 0 Å². The van der Waals surface area contributed by atoms with E-state index >= 15 is 0 Å². The highest BCUT2D eigenvalue weighted by Crippen LogP contribution is 2.34. The minimum absolute atomic E-state index is 0.290. The van der Waals surface area contributed by atoms with E-state index in [-0.39, 0.29) is 5.54 Å². The molecule has 0 aromatic heterocycles. The van der Waals surface area contributed by atoms with Gasteiger partial charge in [-0.1, -0.05) is 20.8 Å². The first kappa shape index (κ1) is 14.3. The van der Waals surface area contributed by atoms with Crippen LogP contribution in [-0.4, -0.2) is 35.6 Å². The largest absolute Gasteiger partial charge is 0.309 e. The Morgan fingerprint density at radius 2 is 1.89 bits per heavy atom. The lowest BCUT2D eigenvalue weighted by Crippen LogP contribution is -2.64. The summed E-state index contributed by atoms with van der Waals surface area (Å²) in [4.78, 5) is 2.83. The van der Waals surface area contributed by atoms with Crippen molar-refractivity contribution in [3.05, 3.63) is 0 Å². The fraction of sp³-hybridized carbons (Fsp3) is 1.00. The molecule has 2 fully saturated rings. The molecule has 4 atom stereocenters. The van der Waals surface area contributed by atoms with E-state index in [1.165, 1.54) is 38.8 Å². The van der Waals surface area contributed by atoms with Gasteiger partial charge in [0, 0.05) is 30.7 Å². The minimum atomic E-state index is 0.290. The molecule has 2 heteroatoms. The summed E-state index contributed by atoms with van der Waals surface area (Å²) in [6.45, 7) is 14.3. The molecule has 0 aromatic rings. The lowest BCUT2D eigenvalue weighted by Gasteiger charge is -2.50. The predicted octanol–water partition coefficient (Wildman–Crippen LogP) is 3.27. The SMILES string of the molecule is CCC1CNC(C)(C)CN1C1CCC(C)C(C)C1. The number of hydrogen-bond acceptors (Lipinski definition) is 2. The predicted molar refractivity (Wildman–Crippen MR) is 78.8 cm³/mol. The molecule has 0 bridgehead atoms. The van der Waals surface area contributed by atoms with E-state index in [2.05, 4.69) is 44.8 Å². The number of hydrogen-bond donors (Lipinski definition) is 1. The average molecular weight is 252 g/mol. The molecule has 1 N–H and O–H groups in total. The van der Waals surface area contributed by atoms with Crippen LogP contribution in [0.15, 0.2) is 0 Å². The molecule has 0 spiro atoms. The van der Waals surface area contributed by atoms with Gasteiger partial charge in [-0.25, -0.2) is 0 Å². The van der Waals surface area contributed by atoms with E-state index in [1.807, 2.05) is 0 Å². The van der Waals surface area contributed by atoms with Crippen molar-refractivity contribution in [2.75, 3.05) is 13.1 Å². The molecule has 4 unspecified atom stereocenters. The number of rotatable bonds is 2. The van der Waals surface area contributed by atoms with Gasteiger partial charge in [-0.3, -0.25) is 4.90 Å². The summed E-state index contributed by atoms with van der Waals surface area (Å²) in [6.07, 6.45) is 5.53. The fourth-order valence-electron chi connectivity index (χ4n) is 3.78. The third-order valence-corrected chi connectivity index (χ3v) is 5.37. The Hall–Kier alpha value is -0.0800. The van der Waals surface area contributed by atoms with Crippen LogP contribution >= 0.6 is 0 Å². The maximum absolute atomic E-state index is 3.71. The zero-order valence-electron chi connectivity index (χ0n) is 13.0. The lowest BCUT2D eigenvalue weighted by atomic mass is 9.77. The van der Waals surface area contributed by atoms with E-state index < -0.39 is 0 Å². The van der Waals surface area contributed by atoms with E-state index in [0.29, 0.717) is 0 Å². The Balaban J connectivity index is 2.04. The summed E-state index contributed by atoms with van der Waals surface area (Å²) < 4.78 is 0. The van der Waals surface area contributed by atoms with Crippen LogP contribution in [0.25, 0.3) is 0 Å². The Kier molecular flexibility index (Phi) is 4.38. The molecular weight excluding hydrogens is 220 g/mol. The van der Waals surface area contributed by atoms with Crippen LogP contribution in [0.5, 0.6) is 0 Å². The molecule has 0 radical (unpaired) electrons. The average Bonchev–Trinajstić information content (AvgIpc) is 2.32. The molecule has 1 aliphatic carbocycles. The first-order valence-corrected chi connectivity index (χ1v) is 7.93. The summed E-state index contributed by atoms with van der Waals surface area (Å²) in [5, 5.41) is 3.71. The van der Waals surface area contributed by atoms with Gasteiger partial charge in [0.1, 0.15) is 0 Å². The molecule has 106 valence electrons. The second-order valence-corrected chi connectivity index (χ2v) is 7.42. The van der Waals surface area contributed by atoms with Crippen molar-refractivity contribution in [1.29, 1.82) is 0 Å². The maximum Gasteiger partial charge on any atom is 0.0253 e. The van der Waals surface area contributed by atoms with Crippen molar-refractivity contribution < 1.29 is 0 Å². The fourth-order valence-corrected chi connectivity index (χ4v) is 3.78. The van der Waals surface area contributed by atoms with Gasteiger partial charge in [-0.05, 0) is 51.4 Å². The van der Waals surface area contributed by atoms with Gasteiger partial charge in [-0.15, -0.1) is 0 Å². The molecule has 2 aliphatic rings. The van der Waals surface area contributed by atoms with Crippen LogP contribution in [-0.2, 0) is 0 Å². The van der Waals surface area contributed by atoms with Crippen molar-refractivity contribution in [2.45, 2.75) is 77.9 Å². The highest BCUT2D eigenvalue weighted by atomic mass is 15.3. The third-order valence-electron chi connectivity index (χ3n) is 5.37. The van der Waals surface area contributed by atoms with E-state index in [1.54, 1.807) is 0 Å². The minimum Gasteiger partial charge on any atom is -0.309 e. The zero-order valence-corrected chi connectivity index (χ0v) is 13.0. The lowest BCUT2D eigenvalue weighted by molar-refractivity contribution is 0.0187. The maximum atomic E-state index is 3.71. The second kappa shape index (κ2) is 5.50. The van der Waals surface area contributed by atoms with Crippen molar-refractivity contribution in [2.24, 2.45) is 11.8 Å². The van der Waals surface area contributed by atoms with Crippen molar-refractivity contribution in [3.63, 3.8) is 0 Å². The quantitative estimate of drug-likeness (QED) is 0.811. The van der Waals surface area contributed by atoms with Crippen LogP contribution < -0.4 is 5.32 Å². The number of piperazine rings is 1. The molecule has 2 nitrogen and oxygen atoms in total. The highest BCUT2D eigenvalue weighted by Gasteiger charge is 2.37. The van der Waals surface area contributed by atoms with Gasteiger partial charge < -0.3 is 5.32 Å². The van der Waals surface area contributed by atoms with Gasteiger partial charge in [0.25, 0.3) is 0 Å². The first-order valence-electron chi connectivity index (χ1n) is 7.93. The summed E-state index contributed by atoms with van der Waals surface area (Å²) in [5.41, 5.74) is 0.290. The molecule has 0 aromatic carbocycles. The summed E-state index contributed by atoms with van der Waals surface area (Å²) >= 11 is 0. The van der Waals surface area contributed by atoms with E-state index in [4.69, 9.17) is 0 Å². The van der Waals surface area contributed by atoms with Crippen LogP contribution in [0, 0.1) is 11.8 Å². The van der Waals surface area contributed by atoms with Crippen LogP contribution in [0.2, 0.25) is 0 Å². The van der Waals surface area contributed by atoms with Crippen molar-refractivity contribution in [3.8, 4) is 0 Å². The molecular formula is C16H32N2. The Labute approximate surface area is 114 Å². The third kappa shape index (κ3) is 3.08. The Morgan fingerprint density at radius 3 is 2.50 bits per heavy atom. The molecule has 1 heterocycles. The second-order valence-electron chi connectivity index (χ2n) is 7.42. The van der Waals surface area contributed by atoms with Crippen molar-refractivity contribution >= 4 is 0 Å². The van der Waals surface area contributed by atoms with Crippen LogP contribution in [0.4, 0.5) is 0 Å².